The van der Waals surface area contributed by atoms with E-state index in [0.29, 0.717) is 22.2 Å². The molecule has 0 bridgehead atoms. The van der Waals surface area contributed by atoms with Crippen LogP contribution >= 0.6 is 11.6 Å². The number of anilines is 2. The number of aromatic nitrogens is 4. The van der Waals surface area contributed by atoms with Gasteiger partial charge in [0.15, 0.2) is 5.82 Å². The number of rotatable bonds is 3. The molecule has 2 aromatic heterocycles. The molecule has 2 heterocycles. The minimum atomic E-state index is -0.345. The van der Waals surface area contributed by atoms with Gasteiger partial charge >= 0.3 is 0 Å². The highest BCUT2D eigenvalue weighted by Gasteiger charge is 2.07. The predicted octanol–water partition coefficient (Wildman–Crippen LogP) is 3.20. The third kappa shape index (κ3) is 2.46. The highest BCUT2D eigenvalue weighted by atomic mass is 35.5. The minimum Gasteiger partial charge on any atom is -0.336 e. The number of halogens is 2. The van der Waals surface area contributed by atoms with Crippen molar-refractivity contribution in [2.75, 3.05) is 5.32 Å². The summed E-state index contributed by atoms with van der Waals surface area (Å²) in [4.78, 5) is 7.81. The Balaban J connectivity index is 1.88. The zero-order valence-electron chi connectivity index (χ0n) is 10.2. The molecule has 0 aliphatic carbocycles. The monoisotopic (exact) mass is 289 g/mol. The summed E-state index contributed by atoms with van der Waals surface area (Å²) < 4.78 is 15.1. The summed E-state index contributed by atoms with van der Waals surface area (Å²) in [5, 5.41) is 7.49. The third-order valence-electron chi connectivity index (χ3n) is 2.61. The van der Waals surface area contributed by atoms with Crippen molar-refractivity contribution in [2.24, 2.45) is 0 Å². The Morgan fingerprint density at radius 2 is 2.05 bits per heavy atom. The topological polar surface area (TPSA) is 55.6 Å². The first-order valence-electron chi connectivity index (χ1n) is 5.76. The first kappa shape index (κ1) is 12.6. The van der Waals surface area contributed by atoms with Crippen LogP contribution in [0.25, 0.3) is 5.69 Å². The van der Waals surface area contributed by atoms with Crippen LogP contribution in [0.5, 0.6) is 0 Å². The van der Waals surface area contributed by atoms with Crippen molar-refractivity contribution in [3.63, 3.8) is 0 Å². The van der Waals surface area contributed by atoms with Crippen molar-refractivity contribution in [3.05, 3.63) is 60.0 Å². The molecule has 7 heteroatoms. The molecule has 20 heavy (non-hydrogen) atoms. The molecule has 0 aliphatic heterocycles. The van der Waals surface area contributed by atoms with E-state index in [1.165, 1.54) is 23.3 Å². The maximum absolute atomic E-state index is 13.7. The van der Waals surface area contributed by atoms with Gasteiger partial charge in [0.2, 0.25) is 0 Å². The Bertz CT molecular complexity index is 743. The van der Waals surface area contributed by atoms with Gasteiger partial charge in [0, 0.05) is 0 Å². The second-order valence-electron chi connectivity index (χ2n) is 3.97. The van der Waals surface area contributed by atoms with Crippen LogP contribution in [0.15, 0.2) is 49.2 Å². The number of hydrogen-bond donors (Lipinski definition) is 1. The smallest absolute Gasteiger partial charge is 0.152 e. The molecule has 0 fully saturated rings. The maximum Gasteiger partial charge on any atom is 0.152 e. The largest absolute Gasteiger partial charge is 0.336 e. The number of benzene rings is 1. The van der Waals surface area contributed by atoms with Gasteiger partial charge in [-0.25, -0.2) is 19.0 Å². The Labute approximate surface area is 119 Å². The fourth-order valence-corrected chi connectivity index (χ4v) is 1.85. The second-order valence-corrected chi connectivity index (χ2v) is 4.38. The van der Waals surface area contributed by atoms with E-state index in [2.05, 4.69) is 20.4 Å². The molecular weight excluding hydrogens is 281 g/mol. The molecule has 0 spiro atoms. The molecule has 3 rings (SSSR count). The van der Waals surface area contributed by atoms with E-state index < -0.39 is 0 Å². The Morgan fingerprint density at radius 1 is 1.20 bits per heavy atom. The van der Waals surface area contributed by atoms with E-state index in [1.54, 1.807) is 30.6 Å². The standard InChI is InChI=1S/C13H9ClFN5/c14-10-6-16-8-17-13(10)19-9-5-18-20(7-9)12-4-2-1-3-11(12)15/h1-8H,(H,16,17,19). The highest BCUT2D eigenvalue weighted by Crippen LogP contribution is 2.22. The molecule has 0 saturated heterocycles. The van der Waals surface area contributed by atoms with Gasteiger partial charge in [0.1, 0.15) is 22.9 Å². The van der Waals surface area contributed by atoms with Crippen molar-refractivity contribution in [3.8, 4) is 5.69 Å². The molecule has 0 aliphatic rings. The van der Waals surface area contributed by atoms with Gasteiger partial charge in [0.25, 0.3) is 0 Å². The minimum absolute atomic E-state index is 0.345. The molecule has 1 N–H and O–H groups in total. The molecule has 0 saturated carbocycles. The highest BCUT2D eigenvalue weighted by molar-refractivity contribution is 6.32. The molecule has 0 amide bonds. The average Bonchev–Trinajstić information content (AvgIpc) is 2.90. The molecule has 0 atom stereocenters. The summed E-state index contributed by atoms with van der Waals surface area (Å²) >= 11 is 5.95. The van der Waals surface area contributed by atoms with E-state index in [1.807, 2.05) is 0 Å². The summed E-state index contributed by atoms with van der Waals surface area (Å²) in [5.74, 6) is 0.122. The second kappa shape index (κ2) is 5.26. The molecule has 5 nitrogen and oxygen atoms in total. The molecule has 100 valence electrons. The number of para-hydroxylation sites is 1. The van der Waals surface area contributed by atoms with Gasteiger partial charge in [-0.3, -0.25) is 0 Å². The zero-order valence-corrected chi connectivity index (χ0v) is 10.9. The third-order valence-corrected chi connectivity index (χ3v) is 2.89. The number of nitrogens with zero attached hydrogens (tertiary/aromatic N) is 4. The van der Waals surface area contributed by atoms with Gasteiger partial charge in [-0.1, -0.05) is 23.7 Å². The van der Waals surface area contributed by atoms with Gasteiger partial charge in [-0.05, 0) is 12.1 Å². The normalized spacial score (nSPS) is 10.5. The lowest BCUT2D eigenvalue weighted by Gasteiger charge is -2.03. The van der Waals surface area contributed by atoms with Crippen LogP contribution in [-0.2, 0) is 0 Å². The van der Waals surface area contributed by atoms with Crippen LogP contribution in [0.1, 0.15) is 0 Å². The van der Waals surface area contributed by atoms with Gasteiger partial charge in [-0.2, -0.15) is 5.10 Å². The van der Waals surface area contributed by atoms with Gasteiger partial charge in [-0.15, -0.1) is 0 Å². The quantitative estimate of drug-likeness (QED) is 0.804. The van der Waals surface area contributed by atoms with Gasteiger partial charge < -0.3 is 5.32 Å². The first-order valence-corrected chi connectivity index (χ1v) is 6.14. The van der Waals surface area contributed by atoms with Crippen LogP contribution in [0.2, 0.25) is 5.02 Å². The zero-order chi connectivity index (χ0) is 13.9. The Hall–Kier alpha value is -2.47. The summed E-state index contributed by atoms with van der Waals surface area (Å²) in [6.07, 6.45) is 6.08. The van der Waals surface area contributed by atoms with Crippen molar-refractivity contribution < 1.29 is 4.39 Å². The van der Waals surface area contributed by atoms with Crippen molar-refractivity contribution >= 4 is 23.1 Å². The Kier molecular flexibility index (Phi) is 3.30. The lowest BCUT2D eigenvalue weighted by Crippen LogP contribution is -1.97. The van der Waals surface area contributed by atoms with Crippen molar-refractivity contribution in [1.29, 1.82) is 0 Å². The summed E-state index contributed by atoms with van der Waals surface area (Å²) in [6.45, 7) is 0. The van der Waals surface area contributed by atoms with E-state index in [9.17, 15) is 4.39 Å². The maximum atomic E-state index is 13.7. The molecular formula is C13H9ClFN5. The number of hydrogen-bond acceptors (Lipinski definition) is 4. The fourth-order valence-electron chi connectivity index (χ4n) is 1.70. The molecule has 0 radical (unpaired) electrons. The molecule has 3 aromatic rings. The average molecular weight is 290 g/mol. The Morgan fingerprint density at radius 3 is 2.85 bits per heavy atom. The lowest BCUT2D eigenvalue weighted by molar-refractivity contribution is 0.611. The van der Waals surface area contributed by atoms with Gasteiger partial charge in [0.05, 0.1) is 24.3 Å². The first-order chi connectivity index (χ1) is 9.74. The lowest BCUT2D eigenvalue weighted by atomic mass is 10.3. The van der Waals surface area contributed by atoms with Crippen LogP contribution in [0.3, 0.4) is 0 Å². The van der Waals surface area contributed by atoms with E-state index >= 15 is 0 Å². The van der Waals surface area contributed by atoms with E-state index in [0.717, 1.165) is 0 Å². The van der Waals surface area contributed by atoms with Crippen LogP contribution in [0, 0.1) is 5.82 Å². The molecule has 0 unspecified atom stereocenters. The van der Waals surface area contributed by atoms with Crippen LogP contribution in [-0.4, -0.2) is 19.7 Å². The van der Waals surface area contributed by atoms with Crippen molar-refractivity contribution in [2.45, 2.75) is 0 Å². The number of nitrogens with one attached hydrogen (secondary N) is 1. The van der Waals surface area contributed by atoms with Crippen LogP contribution < -0.4 is 5.32 Å². The van der Waals surface area contributed by atoms with E-state index in [-0.39, 0.29) is 5.82 Å². The fraction of sp³-hybridized carbons (Fsp3) is 0. The molecule has 1 aromatic carbocycles. The summed E-state index contributed by atoms with van der Waals surface area (Å²) in [7, 11) is 0. The van der Waals surface area contributed by atoms with Crippen molar-refractivity contribution in [1.82, 2.24) is 19.7 Å². The summed E-state index contributed by atoms with van der Waals surface area (Å²) in [6, 6.07) is 6.39. The van der Waals surface area contributed by atoms with E-state index in [4.69, 9.17) is 11.6 Å². The summed E-state index contributed by atoms with van der Waals surface area (Å²) in [5.41, 5.74) is 1.02. The SMILES string of the molecule is Fc1ccccc1-n1cc(Nc2ncncc2Cl)cn1. The van der Waals surface area contributed by atoms with Crippen LogP contribution in [0.4, 0.5) is 15.9 Å². The predicted molar refractivity (Wildman–Crippen MR) is 73.8 cm³/mol.